The molecule has 0 fully saturated rings. The number of hydrogen-bond acceptors (Lipinski definition) is 2. The van der Waals surface area contributed by atoms with E-state index in [0.29, 0.717) is 6.61 Å². The van der Waals surface area contributed by atoms with Gasteiger partial charge in [0.1, 0.15) is 0 Å². The highest BCUT2D eigenvalue weighted by molar-refractivity contribution is 5.02. The second-order valence-corrected chi connectivity index (χ2v) is 3.53. The maximum absolute atomic E-state index is 5.59. The number of fused-ring (bicyclic) bond motifs is 1. The third kappa shape index (κ3) is 1.16. The number of rotatable bonds is 0. The average molecular weight is 152 g/mol. The van der Waals surface area contributed by atoms with Crippen molar-refractivity contribution in [2.75, 3.05) is 0 Å². The van der Waals surface area contributed by atoms with Crippen molar-refractivity contribution in [1.29, 1.82) is 0 Å². The molecular formula is C8H12N2O. The lowest BCUT2D eigenvalue weighted by molar-refractivity contribution is -0.0660. The summed E-state index contributed by atoms with van der Waals surface area (Å²) in [6, 6.07) is 2.00. The Morgan fingerprint density at radius 1 is 1.64 bits per heavy atom. The smallest absolute Gasteiger partial charge is 0.0892 e. The fraction of sp³-hybridized carbons (Fsp3) is 0.625. The second kappa shape index (κ2) is 2.08. The third-order valence-electron chi connectivity index (χ3n) is 1.95. The van der Waals surface area contributed by atoms with E-state index in [0.717, 1.165) is 6.54 Å². The minimum Gasteiger partial charge on any atom is -0.367 e. The molecule has 0 saturated carbocycles. The summed E-state index contributed by atoms with van der Waals surface area (Å²) in [6.45, 7) is 5.71. The molecule has 2 rings (SSSR count). The highest BCUT2D eigenvalue weighted by Gasteiger charge is 2.25. The van der Waals surface area contributed by atoms with Crippen molar-refractivity contribution in [2.24, 2.45) is 0 Å². The number of nitrogens with zero attached hydrogens (tertiary/aromatic N) is 2. The summed E-state index contributed by atoms with van der Waals surface area (Å²) in [5.41, 5.74) is 1.11. The first-order valence-corrected chi connectivity index (χ1v) is 3.82. The van der Waals surface area contributed by atoms with E-state index in [1.54, 1.807) is 0 Å². The molecule has 11 heavy (non-hydrogen) atoms. The summed E-state index contributed by atoms with van der Waals surface area (Å²) in [5.74, 6) is 0. The minimum absolute atomic E-state index is 0.0565. The van der Waals surface area contributed by atoms with Gasteiger partial charge in [0.15, 0.2) is 0 Å². The first-order chi connectivity index (χ1) is 5.17. The summed E-state index contributed by atoms with van der Waals surface area (Å²) >= 11 is 0. The predicted molar refractivity (Wildman–Crippen MR) is 41.1 cm³/mol. The van der Waals surface area contributed by atoms with Crippen LogP contribution in [-0.2, 0) is 17.9 Å². The van der Waals surface area contributed by atoms with Gasteiger partial charge in [0, 0.05) is 6.20 Å². The van der Waals surface area contributed by atoms with Gasteiger partial charge < -0.3 is 4.74 Å². The van der Waals surface area contributed by atoms with Gasteiger partial charge in [0.05, 0.1) is 24.4 Å². The van der Waals surface area contributed by atoms with Crippen molar-refractivity contribution in [1.82, 2.24) is 9.78 Å². The van der Waals surface area contributed by atoms with E-state index in [-0.39, 0.29) is 5.60 Å². The van der Waals surface area contributed by atoms with Crippen molar-refractivity contribution >= 4 is 0 Å². The number of aromatic nitrogens is 2. The van der Waals surface area contributed by atoms with Gasteiger partial charge in [0.2, 0.25) is 0 Å². The van der Waals surface area contributed by atoms with E-state index < -0.39 is 0 Å². The molecule has 0 aromatic carbocycles. The second-order valence-electron chi connectivity index (χ2n) is 3.53. The first-order valence-electron chi connectivity index (χ1n) is 3.82. The van der Waals surface area contributed by atoms with Crippen LogP contribution in [0.1, 0.15) is 19.5 Å². The number of hydrogen-bond donors (Lipinski definition) is 0. The van der Waals surface area contributed by atoms with Crippen LogP contribution in [0.25, 0.3) is 0 Å². The van der Waals surface area contributed by atoms with Crippen LogP contribution in [0.2, 0.25) is 0 Å². The highest BCUT2D eigenvalue weighted by Crippen LogP contribution is 2.20. The number of ether oxygens (including phenoxy) is 1. The van der Waals surface area contributed by atoms with E-state index in [1.165, 1.54) is 5.69 Å². The Bertz CT molecular complexity index is 265. The molecule has 0 radical (unpaired) electrons. The predicted octanol–water partition coefficient (Wildman–Crippen LogP) is 1.19. The molecule has 0 atom stereocenters. The lowest BCUT2D eigenvalue weighted by Crippen LogP contribution is -2.35. The molecule has 0 spiro atoms. The van der Waals surface area contributed by atoms with Crippen LogP contribution in [0.4, 0.5) is 0 Å². The molecule has 0 unspecified atom stereocenters. The molecular weight excluding hydrogens is 140 g/mol. The quantitative estimate of drug-likeness (QED) is 0.558. The Balaban J connectivity index is 2.32. The summed E-state index contributed by atoms with van der Waals surface area (Å²) in [7, 11) is 0. The zero-order valence-corrected chi connectivity index (χ0v) is 6.87. The van der Waals surface area contributed by atoms with Crippen LogP contribution in [0, 0.1) is 0 Å². The van der Waals surface area contributed by atoms with E-state index in [9.17, 15) is 0 Å². The maximum Gasteiger partial charge on any atom is 0.0892 e. The Morgan fingerprint density at radius 2 is 2.45 bits per heavy atom. The fourth-order valence-corrected chi connectivity index (χ4v) is 1.30. The van der Waals surface area contributed by atoms with Gasteiger partial charge in [0.25, 0.3) is 0 Å². The summed E-state index contributed by atoms with van der Waals surface area (Å²) < 4.78 is 7.59. The Hall–Kier alpha value is -0.830. The van der Waals surface area contributed by atoms with Crippen molar-refractivity contribution in [2.45, 2.75) is 32.6 Å². The summed E-state index contributed by atoms with van der Waals surface area (Å²) in [6.07, 6.45) is 1.82. The van der Waals surface area contributed by atoms with Crippen LogP contribution in [-0.4, -0.2) is 15.4 Å². The molecule has 1 aromatic heterocycles. The van der Waals surface area contributed by atoms with Gasteiger partial charge in [-0.2, -0.15) is 5.10 Å². The Morgan fingerprint density at radius 3 is 3.27 bits per heavy atom. The summed E-state index contributed by atoms with van der Waals surface area (Å²) in [5, 5.41) is 4.19. The van der Waals surface area contributed by atoms with Gasteiger partial charge in [-0.15, -0.1) is 0 Å². The fourth-order valence-electron chi connectivity index (χ4n) is 1.30. The van der Waals surface area contributed by atoms with Crippen LogP contribution >= 0.6 is 0 Å². The molecule has 0 amide bonds. The Labute approximate surface area is 66.0 Å². The van der Waals surface area contributed by atoms with Crippen LogP contribution in [0.3, 0.4) is 0 Å². The van der Waals surface area contributed by atoms with E-state index in [2.05, 4.69) is 18.9 Å². The molecule has 1 aromatic rings. The lowest BCUT2D eigenvalue weighted by Gasteiger charge is -2.30. The van der Waals surface area contributed by atoms with Crippen molar-refractivity contribution in [3.8, 4) is 0 Å². The Kier molecular flexibility index (Phi) is 1.29. The van der Waals surface area contributed by atoms with Gasteiger partial charge in [-0.25, -0.2) is 0 Å². The molecule has 0 aliphatic carbocycles. The largest absolute Gasteiger partial charge is 0.367 e. The van der Waals surface area contributed by atoms with Crippen molar-refractivity contribution in [3.05, 3.63) is 18.0 Å². The topological polar surface area (TPSA) is 27.1 Å². The average Bonchev–Trinajstić information content (AvgIpc) is 2.31. The standard InChI is InChI=1S/C8H12N2O/c1-8(2)6-10-7(5-11-8)3-4-9-10/h3-4H,5-6H2,1-2H3. The molecule has 60 valence electrons. The van der Waals surface area contributed by atoms with Crippen LogP contribution in [0.5, 0.6) is 0 Å². The molecule has 1 aliphatic rings. The third-order valence-corrected chi connectivity index (χ3v) is 1.95. The zero-order valence-electron chi connectivity index (χ0n) is 6.87. The lowest BCUT2D eigenvalue weighted by atomic mass is 10.1. The highest BCUT2D eigenvalue weighted by atomic mass is 16.5. The molecule has 3 heteroatoms. The molecule has 1 aliphatic heterocycles. The molecule has 0 N–H and O–H groups in total. The van der Waals surface area contributed by atoms with Crippen LogP contribution < -0.4 is 0 Å². The van der Waals surface area contributed by atoms with Crippen molar-refractivity contribution in [3.63, 3.8) is 0 Å². The molecule has 0 saturated heterocycles. The monoisotopic (exact) mass is 152 g/mol. The van der Waals surface area contributed by atoms with Gasteiger partial charge in [-0.05, 0) is 19.9 Å². The van der Waals surface area contributed by atoms with E-state index in [1.807, 2.05) is 16.9 Å². The SMILES string of the molecule is CC1(C)Cn2nccc2CO1. The van der Waals surface area contributed by atoms with E-state index in [4.69, 9.17) is 4.74 Å². The normalized spacial score (nSPS) is 21.3. The zero-order chi connectivity index (χ0) is 7.90. The van der Waals surface area contributed by atoms with Gasteiger partial charge >= 0.3 is 0 Å². The molecule has 0 bridgehead atoms. The maximum atomic E-state index is 5.59. The van der Waals surface area contributed by atoms with Crippen molar-refractivity contribution < 1.29 is 4.74 Å². The summed E-state index contributed by atoms with van der Waals surface area (Å²) in [4.78, 5) is 0. The first kappa shape index (κ1) is 6.85. The van der Waals surface area contributed by atoms with Gasteiger partial charge in [-0.3, -0.25) is 4.68 Å². The van der Waals surface area contributed by atoms with Crippen LogP contribution in [0.15, 0.2) is 12.3 Å². The molecule has 2 heterocycles. The van der Waals surface area contributed by atoms with Gasteiger partial charge in [-0.1, -0.05) is 0 Å². The van der Waals surface area contributed by atoms with E-state index >= 15 is 0 Å². The minimum atomic E-state index is -0.0565. The molecule has 3 nitrogen and oxygen atoms in total.